The van der Waals surface area contributed by atoms with Gasteiger partial charge in [0, 0.05) is 0 Å². The Balaban J connectivity index is 2.21. The van der Waals surface area contributed by atoms with E-state index in [-0.39, 0.29) is 5.82 Å². The first kappa shape index (κ1) is 13.3. The molecule has 0 amide bonds. The number of aryl methyl sites for hydroxylation is 1. The zero-order valence-electron chi connectivity index (χ0n) is 11.1. The highest BCUT2D eigenvalue weighted by atomic mass is 19.1. The van der Waals surface area contributed by atoms with Crippen LogP contribution in [0.1, 0.15) is 29.2 Å². The fourth-order valence-corrected chi connectivity index (χ4v) is 1.91. The normalized spacial score (nSPS) is 10.8. The summed E-state index contributed by atoms with van der Waals surface area (Å²) in [4.78, 5) is 0. The summed E-state index contributed by atoms with van der Waals surface area (Å²) in [7, 11) is 0. The van der Waals surface area contributed by atoms with Crippen molar-refractivity contribution in [2.24, 2.45) is 0 Å². The quantitative estimate of drug-likeness (QED) is 0.656. The van der Waals surface area contributed by atoms with Gasteiger partial charge in [-0.1, -0.05) is 56.0 Å². The molecule has 0 unspecified atom stereocenters. The smallest absolute Gasteiger partial charge is 0.124 e. The van der Waals surface area contributed by atoms with Gasteiger partial charge < -0.3 is 0 Å². The van der Waals surface area contributed by atoms with Gasteiger partial charge in [-0.3, -0.25) is 0 Å². The third kappa shape index (κ3) is 3.65. The molecule has 0 spiro atoms. The molecular weight excluding hydrogens is 235 g/mol. The second kappa shape index (κ2) is 6.14. The van der Waals surface area contributed by atoms with E-state index in [0.717, 1.165) is 23.1 Å². The molecule has 0 aliphatic rings. The molecule has 0 bridgehead atoms. The van der Waals surface area contributed by atoms with Crippen molar-refractivity contribution in [3.63, 3.8) is 0 Å². The van der Waals surface area contributed by atoms with Crippen molar-refractivity contribution in [3.05, 3.63) is 77.1 Å². The summed E-state index contributed by atoms with van der Waals surface area (Å²) in [6.07, 6.45) is 6.59. The van der Waals surface area contributed by atoms with Crippen molar-refractivity contribution >= 4 is 18.2 Å². The van der Waals surface area contributed by atoms with E-state index >= 15 is 0 Å². The number of rotatable bonds is 4. The van der Waals surface area contributed by atoms with Gasteiger partial charge in [0.25, 0.3) is 0 Å². The molecular formula is C18H17F. The van der Waals surface area contributed by atoms with E-state index in [1.54, 1.807) is 6.08 Å². The van der Waals surface area contributed by atoms with Gasteiger partial charge in [0.2, 0.25) is 0 Å². The fraction of sp³-hybridized carbons (Fsp3) is 0.111. The standard InChI is InChI=1S/C18H17F/c1-3-14-5-7-16(8-6-14)9-10-17-11-15(4-2)12-18(19)13-17/h4-13H,2-3H2,1H3/b10-9+. The van der Waals surface area contributed by atoms with Crippen LogP contribution in [-0.4, -0.2) is 0 Å². The summed E-state index contributed by atoms with van der Waals surface area (Å²) in [6, 6.07) is 13.3. The number of halogens is 1. The summed E-state index contributed by atoms with van der Waals surface area (Å²) >= 11 is 0. The zero-order chi connectivity index (χ0) is 13.7. The molecule has 0 aliphatic carbocycles. The third-order valence-corrected chi connectivity index (χ3v) is 3.03. The van der Waals surface area contributed by atoms with Gasteiger partial charge in [0.1, 0.15) is 5.82 Å². The van der Waals surface area contributed by atoms with Gasteiger partial charge >= 0.3 is 0 Å². The molecule has 0 fully saturated rings. The van der Waals surface area contributed by atoms with E-state index in [0.29, 0.717) is 0 Å². The first-order valence-electron chi connectivity index (χ1n) is 6.41. The molecule has 0 nitrogen and oxygen atoms in total. The van der Waals surface area contributed by atoms with Crippen molar-refractivity contribution in [2.75, 3.05) is 0 Å². The largest absolute Gasteiger partial charge is 0.207 e. The Hall–Kier alpha value is -2.15. The molecule has 0 radical (unpaired) electrons. The van der Waals surface area contributed by atoms with Crippen LogP contribution in [0.3, 0.4) is 0 Å². The highest BCUT2D eigenvalue weighted by molar-refractivity contribution is 5.71. The van der Waals surface area contributed by atoms with Crippen LogP contribution in [0.4, 0.5) is 4.39 Å². The minimum atomic E-state index is -0.238. The lowest BCUT2D eigenvalue weighted by atomic mass is 10.1. The Bertz CT molecular complexity index is 592. The summed E-state index contributed by atoms with van der Waals surface area (Å²) in [5, 5.41) is 0. The van der Waals surface area contributed by atoms with E-state index in [2.05, 4.69) is 37.8 Å². The van der Waals surface area contributed by atoms with E-state index in [1.165, 1.54) is 17.7 Å². The monoisotopic (exact) mass is 252 g/mol. The Morgan fingerprint density at radius 2 is 1.58 bits per heavy atom. The van der Waals surface area contributed by atoms with E-state index in [4.69, 9.17) is 0 Å². The second-order valence-corrected chi connectivity index (χ2v) is 4.45. The number of benzene rings is 2. The maximum Gasteiger partial charge on any atom is 0.124 e. The van der Waals surface area contributed by atoms with Crippen LogP contribution >= 0.6 is 0 Å². The average molecular weight is 252 g/mol. The van der Waals surface area contributed by atoms with Crippen LogP contribution < -0.4 is 0 Å². The highest BCUT2D eigenvalue weighted by Crippen LogP contribution is 2.14. The van der Waals surface area contributed by atoms with Gasteiger partial charge in [-0.2, -0.15) is 0 Å². The van der Waals surface area contributed by atoms with E-state index in [1.807, 2.05) is 18.2 Å². The Morgan fingerprint density at radius 1 is 0.947 bits per heavy atom. The maximum atomic E-state index is 13.4. The number of hydrogen-bond donors (Lipinski definition) is 0. The fourth-order valence-electron chi connectivity index (χ4n) is 1.91. The lowest BCUT2D eigenvalue weighted by Gasteiger charge is -2.00. The Morgan fingerprint density at radius 3 is 2.21 bits per heavy atom. The Labute approximate surface area is 113 Å². The third-order valence-electron chi connectivity index (χ3n) is 3.03. The molecule has 0 aliphatic heterocycles. The van der Waals surface area contributed by atoms with Crippen LogP contribution in [0, 0.1) is 5.82 Å². The molecule has 2 aromatic carbocycles. The maximum absolute atomic E-state index is 13.4. The Kier molecular flexibility index (Phi) is 4.30. The first-order valence-corrected chi connectivity index (χ1v) is 6.41. The zero-order valence-corrected chi connectivity index (χ0v) is 11.1. The van der Waals surface area contributed by atoms with Gasteiger partial charge in [-0.05, 0) is 46.9 Å². The first-order chi connectivity index (χ1) is 9.21. The van der Waals surface area contributed by atoms with Crippen LogP contribution in [0.15, 0.2) is 49.0 Å². The highest BCUT2D eigenvalue weighted by Gasteiger charge is 1.96. The molecule has 0 aromatic heterocycles. The molecule has 0 saturated carbocycles. The molecule has 2 aromatic rings. The lowest BCUT2D eigenvalue weighted by Crippen LogP contribution is -1.82. The van der Waals surface area contributed by atoms with Gasteiger partial charge in [0.05, 0.1) is 0 Å². The predicted octanol–water partition coefficient (Wildman–Crippen LogP) is 5.20. The van der Waals surface area contributed by atoms with Gasteiger partial charge in [-0.15, -0.1) is 0 Å². The van der Waals surface area contributed by atoms with E-state index < -0.39 is 0 Å². The minimum absolute atomic E-state index is 0.238. The summed E-state index contributed by atoms with van der Waals surface area (Å²) in [6.45, 7) is 5.79. The topological polar surface area (TPSA) is 0 Å². The molecule has 19 heavy (non-hydrogen) atoms. The van der Waals surface area contributed by atoms with Crippen LogP contribution in [-0.2, 0) is 6.42 Å². The van der Waals surface area contributed by atoms with Crippen molar-refractivity contribution in [1.29, 1.82) is 0 Å². The van der Waals surface area contributed by atoms with Crippen molar-refractivity contribution in [2.45, 2.75) is 13.3 Å². The van der Waals surface area contributed by atoms with Crippen molar-refractivity contribution in [1.82, 2.24) is 0 Å². The molecule has 0 atom stereocenters. The van der Waals surface area contributed by atoms with E-state index in [9.17, 15) is 4.39 Å². The molecule has 0 heterocycles. The van der Waals surface area contributed by atoms with Crippen LogP contribution in [0.25, 0.3) is 18.2 Å². The van der Waals surface area contributed by atoms with Crippen molar-refractivity contribution in [3.8, 4) is 0 Å². The molecule has 0 saturated heterocycles. The molecule has 96 valence electrons. The molecule has 1 heteroatoms. The number of hydrogen-bond acceptors (Lipinski definition) is 0. The SMILES string of the molecule is C=Cc1cc(F)cc(/C=C/c2ccc(CC)cc2)c1. The summed E-state index contributed by atoms with van der Waals surface area (Å²) < 4.78 is 13.4. The predicted molar refractivity (Wildman–Crippen MR) is 81.2 cm³/mol. The summed E-state index contributed by atoms with van der Waals surface area (Å²) in [5.74, 6) is -0.238. The minimum Gasteiger partial charge on any atom is -0.207 e. The lowest BCUT2D eigenvalue weighted by molar-refractivity contribution is 0.627. The summed E-state index contributed by atoms with van der Waals surface area (Å²) in [5.41, 5.74) is 4.06. The average Bonchev–Trinajstić information content (AvgIpc) is 2.45. The van der Waals surface area contributed by atoms with Crippen LogP contribution in [0.5, 0.6) is 0 Å². The van der Waals surface area contributed by atoms with Crippen molar-refractivity contribution < 1.29 is 4.39 Å². The second-order valence-electron chi connectivity index (χ2n) is 4.45. The molecule has 2 rings (SSSR count). The van der Waals surface area contributed by atoms with Gasteiger partial charge in [-0.25, -0.2) is 4.39 Å². The van der Waals surface area contributed by atoms with Gasteiger partial charge in [0.15, 0.2) is 0 Å². The molecule has 0 N–H and O–H groups in total. The van der Waals surface area contributed by atoms with Crippen LogP contribution in [0.2, 0.25) is 0 Å².